The van der Waals surface area contributed by atoms with Gasteiger partial charge in [0, 0.05) is 0 Å². The molecule has 0 nitrogen and oxygen atoms in total. The Morgan fingerprint density at radius 2 is 0.750 bits per heavy atom. The molecule has 0 amide bonds. The Kier molecular flexibility index (Phi) is 96.6. The summed E-state index contributed by atoms with van der Waals surface area (Å²) in [5, 5.41) is 0. The van der Waals surface area contributed by atoms with Crippen molar-refractivity contribution in [2.75, 3.05) is 0 Å². The predicted molar refractivity (Wildman–Crippen MR) is 0 cm³/mol. The summed E-state index contributed by atoms with van der Waals surface area (Å²) in [6, 6.07) is 0. The third-order valence-corrected chi connectivity index (χ3v) is 0. The summed E-state index contributed by atoms with van der Waals surface area (Å²) in [5.41, 5.74) is 0. The van der Waals surface area contributed by atoms with Gasteiger partial charge in [-0.3, -0.25) is 0 Å². The average molecular weight is 467 g/mol. The fourth-order valence-electron chi connectivity index (χ4n) is 0. The molecule has 4 heavy (non-hydrogen) atoms. The van der Waals surface area contributed by atoms with Crippen molar-refractivity contribution >= 4 is 0 Å². The molecule has 0 aromatic rings. The van der Waals surface area contributed by atoms with Crippen molar-refractivity contribution in [1.29, 1.82) is 0 Å². The van der Waals surface area contributed by atoms with Gasteiger partial charge in [0.2, 0.25) is 0 Å². The molecule has 0 spiro atoms. The molecule has 0 aromatic heterocycles. The Morgan fingerprint density at radius 1 is 0.750 bits per heavy atom. The zero-order valence-electron chi connectivity index (χ0n) is 2.13. The first-order chi connectivity index (χ1) is 0. The quantitative estimate of drug-likeness (QED) is 0.311. The van der Waals surface area contributed by atoms with Crippen molar-refractivity contribution in [1.82, 2.24) is 0 Å². The molecule has 22 valence electrons. The molecule has 0 bridgehead atoms. The summed E-state index contributed by atoms with van der Waals surface area (Å²) in [4.78, 5) is 0. The molecule has 4 heteroatoms. The van der Waals surface area contributed by atoms with Crippen LogP contribution in [0.5, 0.6) is 0 Å². The normalized spacial score (nSPS) is 0. The van der Waals surface area contributed by atoms with Gasteiger partial charge in [-0.05, 0) is 0 Å². The molecule has 0 rings (SSSR count). The van der Waals surface area contributed by atoms with Gasteiger partial charge in [0.15, 0.2) is 0 Å². The third kappa shape index (κ3) is 9.37. The van der Waals surface area contributed by atoms with Gasteiger partial charge in [-0.1, -0.05) is 0 Å². The molecule has 0 aliphatic carbocycles. The van der Waals surface area contributed by atoms with E-state index in [9.17, 15) is 0 Å². The minimum absolute atomic E-state index is 0. The van der Waals surface area contributed by atoms with Gasteiger partial charge < -0.3 is 48.0 Å². The van der Waals surface area contributed by atoms with E-state index in [0.717, 1.165) is 0 Å². The second kappa shape index (κ2) is 15.8. The fraction of sp³-hybridized carbons (Fsp3) is 0. The second-order valence-corrected chi connectivity index (χ2v) is 0. The van der Waals surface area contributed by atoms with E-state index in [1.165, 1.54) is 0 Å². The Morgan fingerprint density at radius 3 is 0.750 bits per heavy atom. The largest absolute Gasteiger partial charge is 1.00 e. The summed E-state index contributed by atoms with van der Waals surface area (Å²) >= 11 is 0. The average Bonchev–Trinajstić information content (AvgIpc) is 0. The van der Waals surface area contributed by atoms with E-state index in [2.05, 4.69) is 0 Å². The van der Waals surface area contributed by atoms with Crippen molar-refractivity contribution < 1.29 is 134 Å². The summed E-state index contributed by atoms with van der Waals surface area (Å²) in [6.07, 6.45) is 0. The molecule has 0 N–H and O–H groups in total. The molecule has 0 saturated heterocycles. The van der Waals surface area contributed by atoms with Gasteiger partial charge >= 0.3 is 85.9 Å². The monoisotopic (exact) mass is 466 g/mol. The van der Waals surface area contributed by atoms with E-state index in [1.54, 1.807) is 0 Å². The van der Waals surface area contributed by atoms with Crippen LogP contribution < -0.4 is 117 Å². The molecular weight excluding hydrogens is 467 g/mol. The summed E-state index contributed by atoms with van der Waals surface area (Å²) in [5.74, 6) is 0. The van der Waals surface area contributed by atoms with Crippen LogP contribution in [0.3, 0.4) is 0 Å². The van der Waals surface area contributed by atoms with E-state index in [1.807, 2.05) is 0 Å². The van der Waals surface area contributed by atoms with Crippen LogP contribution in [0, 0.1) is 17.0 Å². The first-order valence-electron chi connectivity index (χ1n) is 0. The van der Waals surface area contributed by atoms with Crippen LogP contribution in [0.25, 0.3) is 0 Å². The molecule has 0 aliphatic heterocycles. The Hall–Kier alpha value is 3.99. The summed E-state index contributed by atoms with van der Waals surface area (Å²) in [7, 11) is 0. The Labute approximate surface area is 129 Å². The molecule has 0 atom stereocenters. The van der Waals surface area contributed by atoms with E-state index >= 15 is 0 Å². The minimum atomic E-state index is 0. The van der Waals surface area contributed by atoms with E-state index in [-0.39, 0.29) is 134 Å². The van der Waals surface area contributed by atoms with E-state index in [4.69, 9.17) is 0 Å². The molecule has 0 aliphatic rings. The van der Waals surface area contributed by atoms with Crippen LogP contribution in [0.1, 0.15) is 0 Å². The van der Waals surface area contributed by atoms with Crippen LogP contribution in [-0.4, -0.2) is 0 Å². The predicted octanol–water partition coefficient (Wildman–Crippen LogP) is -8.99. The second-order valence-electron chi connectivity index (χ2n) is 0. The maximum atomic E-state index is 0. The van der Waals surface area contributed by atoms with Crippen LogP contribution >= 0.6 is 0 Å². The third-order valence-electron chi connectivity index (χ3n) is 0. The number of rotatable bonds is 0. The number of hydrogen-bond donors (Lipinski definition) is 0. The topological polar surface area (TPSA) is 0 Å². The van der Waals surface area contributed by atoms with Crippen molar-refractivity contribution in [3.63, 3.8) is 0 Å². The number of halogens is 3. The SMILES string of the molecule is [Br+].[Cs+].[I-].[I-]. The van der Waals surface area contributed by atoms with E-state index in [0.29, 0.717) is 0 Å². The standard InChI is InChI=1S/Br.Cs.2HI/h;;2*1H/q2*+1;;/p-2. The van der Waals surface area contributed by atoms with Gasteiger partial charge in [0.1, 0.15) is 0 Å². The number of hydrogen-bond acceptors (Lipinski definition) is 0. The van der Waals surface area contributed by atoms with Crippen LogP contribution in [0.15, 0.2) is 0 Å². The Bertz CT molecular complexity index is 6.00. The molecule has 0 unspecified atom stereocenters. The fourth-order valence-corrected chi connectivity index (χ4v) is 0. The molecule has 0 saturated carbocycles. The molecule has 0 aromatic carbocycles. The summed E-state index contributed by atoms with van der Waals surface area (Å²) < 4.78 is 0. The zero-order chi connectivity index (χ0) is 0. The minimum Gasteiger partial charge on any atom is -1.00 e. The zero-order valence-corrected chi connectivity index (χ0v) is 14.3. The van der Waals surface area contributed by atoms with Crippen LogP contribution in [0.2, 0.25) is 0 Å². The molecule has 0 heterocycles. The van der Waals surface area contributed by atoms with Crippen molar-refractivity contribution in [3.8, 4) is 0 Å². The maximum Gasteiger partial charge on any atom is 1.00 e. The smallest absolute Gasteiger partial charge is 1.00 e. The first-order valence-corrected chi connectivity index (χ1v) is 0. The molecular formula is BrCsI2. The first kappa shape index (κ1) is 24.5. The summed E-state index contributed by atoms with van der Waals surface area (Å²) in [6.45, 7) is 0. The van der Waals surface area contributed by atoms with Gasteiger partial charge in [-0.25, -0.2) is 0 Å². The van der Waals surface area contributed by atoms with Crippen molar-refractivity contribution in [2.45, 2.75) is 0 Å². The van der Waals surface area contributed by atoms with Gasteiger partial charge in [-0.2, -0.15) is 0 Å². The molecule has 0 fully saturated rings. The van der Waals surface area contributed by atoms with Gasteiger partial charge in [0.25, 0.3) is 0 Å². The van der Waals surface area contributed by atoms with Crippen LogP contribution in [0.4, 0.5) is 0 Å². The van der Waals surface area contributed by atoms with Gasteiger partial charge in [-0.15, -0.1) is 0 Å². The van der Waals surface area contributed by atoms with Crippen molar-refractivity contribution in [3.05, 3.63) is 0 Å². The van der Waals surface area contributed by atoms with Crippen LogP contribution in [-0.2, 0) is 0 Å². The maximum absolute atomic E-state index is 0. The molecule has 2 radical (unpaired) electrons. The van der Waals surface area contributed by atoms with E-state index < -0.39 is 0 Å². The van der Waals surface area contributed by atoms with Crippen molar-refractivity contribution in [2.24, 2.45) is 0 Å². The van der Waals surface area contributed by atoms with Gasteiger partial charge in [0.05, 0.1) is 0 Å². The Balaban J connectivity index is 0.